The fourth-order valence-electron chi connectivity index (χ4n) is 7.01. The molecule has 3 N–H and O–H groups in total. The minimum atomic E-state index is -0.858. The first-order valence-electron chi connectivity index (χ1n) is 23.2. The predicted molar refractivity (Wildman–Crippen MR) is 230 cm³/mol. The van der Waals surface area contributed by atoms with Crippen LogP contribution in [0.25, 0.3) is 0 Å². The van der Waals surface area contributed by atoms with Gasteiger partial charge in [0.25, 0.3) is 0 Å². The number of carbonyl (C=O) groups excluding carboxylic acids is 1. The highest BCUT2D eigenvalue weighted by Crippen LogP contribution is 2.15. The molecule has 0 saturated heterocycles. The summed E-state index contributed by atoms with van der Waals surface area (Å²) in [6.45, 7) is 4.27. The van der Waals surface area contributed by atoms with E-state index in [0.29, 0.717) is 6.42 Å². The molecule has 0 bridgehead atoms. The van der Waals surface area contributed by atoms with Crippen LogP contribution in [-0.2, 0) is 4.79 Å². The Kier molecular flexibility index (Phi) is 42.8. The summed E-state index contributed by atoms with van der Waals surface area (Å²) < 4.78 is 0. The van der Waals surface area contributed by atoms with E-state index in [-0.39, 0.29) is 12.5 Å². The van der Waals surface area contributed by atoms with Crippen LogP contribution in [0.4, 0.5) is 0 Å². The maximum atomic E-state index is 12.3. The standard InChI is InChI=1S/C48H91NO3/c1-3-5-7-9-11-13-15-16-17-18-19-20-21-22-23-24-25-26-27-28-29-30-31-32-33-34-36-38-40-42-44-48(52)49-46(45-50)47(51)43-41-39-37-35-14-12-10-8-6-4-2/h14,22-23,35,41,43,46-47,50-51H,3-13,15-21,24-34,36-40,42,44-45H2,1-2H3,(H,49,52)/b23-22-,35-14+,43-41+. The normalized spacial score (nSPS) is 13.2. The number of hydrogen-bond donors (Lipinski definition) is 3. The number of nitrogens with one attached hydrogen (secondary N) is 1. The second-order valence-corrected chi connectivity index (χ2v) is 15.8. The first-order chi connectivity index (χ1) is 25.7. The Hall–Kier alpha value is -1.39. The molecule has 4 nitrogen and oxygen atoms in total. The number of aliphatic hydroxyl groups is 2. The van der Waals surface area contributed by atoms with Crippen molar-refractivity contribution in [1.29, 1.82) is 0 Å². The minimum Gasteiger partial charge on any atom is -0.394 e. The second kappa shape index (κ2) is 44.0. The molecule has 0 spiro atoms. The molecule has 0 aromatic carbocycles. The highest BCUT2D eigenvalue weighted by molar-refractivity contribution is 5.76. The van der Waals surface area contributed by atoms with Gasteiger partial charge < -0.3 is 15.5 Å². The van der Waals surface area contributed by atoms with Gasteiger partial charge in [-0.1, -0.05) is 217 Å². The van der Waals surface area contributed by atoms with Crippen LogP contribution in [0.15, 0.2) is 36.5 Å². The van der Waals surface area contributed by atoms with Crippen LogP contribution in [0.2, 0.25) is 0 Å². The van der Waals surface area contributed by atoms with E-state index in [0.717, 1.165) is 32.1 Å². The number of hydrogen-bond acceptors (Lipinski definition) is 3. The Bertz CT molecular complexity index is 790. The molecule has 2 atom stereocenters. The highest BCUT2D eigenvalue weighted by Gasteiger charge is 2.17. The summed E-state index contributed by atoms with van der Waals surface area (Å²) >= 11 is 0. The van der Waals surface area contributed by atoms with Gasteiger partial charge in [-0.15, -0.1) is 0 Å². The topological polar surface area (TPSA) is 69.6 Å². The molecule has 306 valence electrons. The van der Waals surface area contributed by atoms with E-state index in [4.69, 9.17) is 0 Å². The van der Waals surface area contributed by atoms with Crippen molar-refractivity contribution in [2.75, 3.05) is 6.61 Å². The van der Waals surface area contributed by atoms with Crippen LogP contribution in [0.1, 0.15) is 245 Å². The maximum absolute atomic E-state index is 12.3. The van der Waals surface area contributed by atoms with Gasteiger partial charge in [0.15, 0.2) is 0 Å². The van der Waals surface area contributed by atoms with Gasteiger partial charge in [0, 0.05) is 6.42 Å². The van der Waals surface area contributed by atoms with Crippen LogP contribution in [0.5, 0.6) is 0 Å². The molecule has 0 fully saturated rings. The third-order valence-corrected chi connectivity index (χ3v) is 10.6. The lowest BCUT2D eigenvalue weighted by molar-refractivity contribution is -0.123. The molecule has 4 heteroatoms. The minimum absolute atomic E-state index is 0.0745. The molecule has 0 heterocycles. The summed E-state index contributed by atoms with van der Waals surface area (Å²) in [5.74, 6) is -0.0745. The third-order valence-electron chi connectivity index (χ3n) is 10.6. The Labute approximate surface area is 325 Å². The van der Waals surface area contributed by atoms with Gasteiger partial charge in [-0.25, -0.2) is 0 Å². The number of unbranched alkanes of at least 4 members (excludes halogenated alkanes) is 31. The first-order valence-corrected chi connectivity index (χ1v) is 23.2. The highest BCUT2D eigenvalue weighted by atomic mass is 16.3. The maximum Gasteiger partial charge on any atom is 0.220 e. The summed E-state index contributed by atoms with van der Waals surface area (Å²) in [5.41, 5.74) is 0. The van der Waals surface area contributed by atoms with Crippen molar-refractivity contribution in [2.24, 2.45) is 0 Å². The van der Waals surface area contributed by atoms with Crippen LogP contribution in [0, 0.1) is 0 Å². The van der Waals surface area contributed by atoms with Crippen LogP contribution in [-0.4, -0.2) is 34.9 Å². The lowest BCUT2D eigenvalue weighted by atomic mass is 10.0. The average Bonchev–Trinajstić information content (AvgIpc) is 3.15. The predicted octanol–water partition coefficient (Wildman–Crippen LogP) is 14.6. The Morgan fingerprint density at radius 2 is 0.750 bits per heavy atom. The Balaban J connectivity index is 3.44. The number of allylic oxidation sites excluding steroid dienone is 5. The summed E-state index contributed by atoms with van der Waals surface area (Å²) in [6.07, 6.45) is 58.6. The van der Waals surface area contributed by atoms with E-state index in [9.17, 15) is 15.0 Å². The summed E-state index contributed by atoms with van der Waals surface area (Å²) in [7, 11) is 0. The molecule has 52 heavy (non-hydrogen) atoms. The van der Waals surface area contributed by atoms with Gasteiger partial charge in [-0.3, -0.25) is 4.79 Å². The van der Waals surface area contributed by atoms with Crippen molar-refractivity contribution < 1.29 is 15.0 Å². The molecular formula is C48H91NO3. The molecular weight excluding hydrogens is 639 g/mol. The lowest BCUT2D eigenvalue weighted by Crippen LogP contribution is -2.45. The van der Waals surface area contributed by atoms with Crippen molar-refractivity contribution in [3.8, 4) is 0 Å². The largest absolute Gasteiger partial charge is 0.394 e. The van der Waals surface area contributed by atoms with Gasteiger partial charge in [0.1, 0.15) is 0 Å². The summed E-state index contributed by atoms with van der Waals surface area (Å²) in [6, 6.07) is -0.635. The Morgan fingerprint density at radius 1 is 0.442 bits per heavy atom. The quantitative estimate of drug-likeness (QED) is 0.0433. The lowest BCUT2D eigenvalue weighted by Gasteiger charge is -2.19. The zero-order valence-electron chi connectivity index (χ0n) is 35.1. The third kappa shape index (κ3) is 39.8. The van der Waals surface area contributed by atoms with E-state index in [1.807, 2.05) is 6.08 Å². The van der Waals surface area contributed by atoms with Crippen molar-refractivity contribution >= 4 is 5.91 Å². The molecule has 0 aromatic heterocycles. The average molecular weight is 730 g/mol. The number of carbonyl (C=O) groups is 1. The van der Waals surface area contributed by atoms with Crippen molar-refractivity contribution in [2.45, 2.75) is 257 Å². The first kappa shape index (κ1) is 50.6. The zero-order chi connectivity index (χ0) is 37.8. The van der Waals surface area contributed by atoms with E-state index in [1.54, 1.807) is 6.08 Å². The smallest absolute Gasteiger partial charge is 0.220 e. The monoisotopic (exact) mass is 730 g/mol. The zero-order valence-corrected chi connectivity index (χ0v) is 35.1. The molecule has 0 rings (SSSR count). The summed E-state index contributed by atoms with van der Waals surface area (Å²) in [5, 5.41) is 22.9. The SMILES string of the molecule is CCCCCC/C=C/CC/C=C/C(O)C(CO)NC(=O)CCCCCCCCCCCCCCCC/C=C\CCCCCCCCCCCCCC. The van der Waals surface area contributed by atoms with Crippen LogP contribution in [0.3, 0.4) is 0 Å². The van der Waals surface area contributed by atoms with E-state index in [1.165, 1.54) is 193 Å². The molecule has 0 radical (unpaired) electrons. The molecule has 1 amide bonds. The number of aliphatic hydroxyl groups excluding tert-OH is 2. The molecule has 0 aliphatic rings. The molecule has 0 saturated carbocycles. The van der Waals surface area contributed by atoms with E-state index >= 15 is 0 Å². The second-order valence-electron chi connectivity index (χ2n) is 15.8. The number of amides is 1. The van der Waals surface area contributed by atoms with Gasteiger partial charge in [-0.2, -0.15) is 0 Å². The molecule has 0 aliphatic carbocycles. The van der Waals surface area contributed by atoms with Gasteiger partial charge in [0.2, 0.25) is 5.91 Å². The van der Waals surface area contributed by atoms with Gasteiger partial charge in [-0.05, 0) is 57.8 Å². The fourth-order valence-corrected chi connectivity index (χ4v) is 7.01. The van der Waals surface area contributed by atoms with Crippen LogP contribution >= 0.6 is 0 Å². The number of rotatable bonds is 42. The molecule has 2 unspecified atom stereocenters. The van der Waals surface area contributed by atoms with Crippen molar-refractivity contribution in [3.05, 3.63) is 36.5 Å². The fraction of sp³-hybridized carbons (Fsp3) is 0.854. The van der Waals surface area contributed by atoms with E-state index in [2.05, 4.69) is 43.5 Å². The van der Waals surface area contributed by atoms with Gasteiger partial charge >= 0.3 is 0 Å². The summed E-state index contributed by atoms with van der Waals surface area (Å²) in [4.78, 5) is 12.3. The van der Waals surface area contributed by atoms with Crippen LogP contribution < -0.4 is 5.32 Å². The molecule has 0 aromatic rings. The van der Waals surface area contributed by atoms with E-state index < -0.39 is 12.1 Å². The van der Waals surface area contributed by atoms with Gasteiger partial charge in [0.05, 0.1) is 18.8 Å². The Morgan fingerprint density at radius 3 is 1.13 bits per heavy atom. The van der Waals surface area contributed by atoms with Crippen molar-refractivity contribution in [3.63, 3.8) is 0 Å². The molecule has 0 aliphatic heterocycles. The van der Waals surface area contributed by atoms with Crippen molar-refractivity contribution in [1.82, 2.24) is 5.32 Å².